The van der Waals surface area contributed by atoms with Crippen LogP contribution in [0.1, 0.15) is 42.7 Å². The van der Waals surface area contributed by atoms with Crippen LogP contribution in [-0.2, 0) is 5.41 Å². The Labute approximate surface area is 124 Å². The zero-order valence-corrected chi connectivity index (χ0v) is 12.5. The quantitative estimate of drug-likeness (QED) is 0.859. The first-order valence-electron chi connectivity index (χ1n) is 7.71. The lowest BCUT2D eigenvalue weighted by Crippen LogP contribution is -2.48. The summed E-state index contributed by atoms with van der Waals surface area (Å²) < 4.78 is 5.75. The fourth-order valence-corrected chi connectivity index (χ4v) is 3.87. The van der Waals surface area contributed by atoms with E-state index < -0.39 is 0 Å². The predicted octanol–water partition coefficient (Wildman–Crippen LogP) is 1.23. The second kappa shape index (κ2) is 4.44. The van der Waals surface area contributed by atoms with E-state index in [1.165, 1.54) is 6.42 Å². The molecule has 0 spiro atoms. The summed E-state index contributed by atoms with van der Waals surface area (Å²) in [6, 6.07) is 2.61. The summed E-state index contributed by atoms with van der Waals surface area (Å²) >= 11 is 0. The minimum Gasteiger partial charge on any atom is -0.490 e. The second-order valence-corrected chi connectivity index (χ2v) is 7.14. The Kier molecular flexibility index (Phi) is 2.76. The largest absolute Gasteiger partial charge is 0.490 e. The number of hydrogen-bond acceptors (Lipinski definition) is 4. The highest BCUT2D eigenvalue weighted by atomic mass is 16.5. The number of nitrogens with zero attached hydrogens (tertiary/aromatic N) is 1. The van der Waals surface area contributed by atoms with Gasteiger partial charge in [0.2, 0.25) is 0 Å². The van der Waals surface area contributed by atoms with Gasteiger partial charge in [0, 0.05) is 29.3 Å². The first-order chi connectivity index (χ1) is 10.0. The zero-order valence-electron chi connectivity index (χ0n) is 12.5. The summed E-state index contributed by atoms with van der Waals surface area (Å²) in [5.41, 5.74) is 1.45. The van der Waals surface area contributed by atoms with Crippen LogP contribution in [0.4, 0.5) is 0 Å². The van der Waals surface area contributed by atoms with Gasteiger partial charge in [0.25, 0.3) is 5.91 Å². The average molecular weight is 287 g/mol. The molecule has 1 aliphatic carbocycles. The number of nitrogens with one attached hydrogen (secondary N) is 2. The van der Waals surface area contributed by atoms with Gasteiger partial charge in [0.1, 0.15) is 0 Å². The number of rotatable bonds is 2. The fourth-order valence-electron chi connectivity index (χ4n) is 3.87. The number of amides is 1. The normalized spacial score (nSPS) is 31.8. The summed E-state index contributed by atoms with van der Waals surface area (Å²) in [7, 11) is 0. The standard InChI is InChI=1S/C16H21N3O2/c1-16(2)8-21-14-10(16)3-4-17-13(14)15(20)19-12-6-9-5-11(12)18-7-9/h3-4,9,11-12,18H,5-8H2,1-2H3,(H,19,20). The molecule has 1 amide bonds. The average Bonchev–Trinajstić information content (AvgIpc) is 3.13. The number of aromatic nitrogens is 1. The summed E-state index contributed by atoms with van der Waals surface area (Å²) in [5, 5.41) is 6.60. The smallest absolute Gasteiger partial charge is 0.274 e. The number of hydrogen-bond donors (Lipinski definition) is 2. The maximum absolute atomic E-state index is 12.6. The van der Waals surface area contributed by atoms with Crippen LogP contribution < -0.4 is 15.4 Å². The van der Waals surface area contributed by atoms with Crippen molar-refractivity contribution < 1.29 is 9.53 Å². The Bertz CT molecular complexity index is 599. The first-order valence-corrected chi connectivity index (χ1v) is 7.71. The van der Waals surface area contributed by atoms with Crippen LogP contribution in [0.5, 0.6) is 5.75 Å². The van der Waals surface area contributed by atoms with Crippen molar-refractivity contribution in [3.05, 3.63) is 23.5 Å². The van der Waals surface area contributed by atoms with Crippen molar-refractivity contribution in [1.82, 2.24) is 15.6 Å². The third-order valence-corrected chi connectivity index (χ3v) is 5.07. The molecule has 1 saturated carbocycles. The third-order valence-electron chi connectivity index (χ3n) is 5.07. The highest BCUT2D eigenvalue weighted by Gasteiger charge is 2.41. The maximum atomic E-state index is 12.6. The van der Waals surface area contributed by atoms with Gasteiger partial charge in [-0.15, -0.1) is 0 Å². The van der Waals surface area contributed by atoms with Crippen LogP contribution in [0.15, 0.2) is 12.3 Å². The van der Waals surface area contributed by atoms with E-state index in [1.807, 2.05) is 6.07 Å². The van der Waals surface area contributed by atoms with E-state index in [9.17, 15) is 4.79 Å². The number of fused-ring (bicyclic) bond motifs is 3. The molecule has 0 aromatic carbocycles. The molecule has 5 heteroatoms. The topological polar surface area (TPSA) is 63.2 Å². The van der Waals surface area contributed by atoms with E-state index in [4.69, 9.17) is 4.74 Å². The molecule has 0 radical (unpaired) electrons. The molecule has 5 nitrogen and oxygen atoms in total. The molecule has 3 unspecified atom stereocenters. The Morgan fingerprint density at radius 3 is 3.05 bits per heavy atom. The molecule has 3 aliphatic rings. The Morgan fingerprint density at radius 2 is 2.33 bits per heavy atom. The van der Waals surface area contributed by atoms with Crippen LogP contribution in [0.3, 0.4) is 0 Å². The molecule has 3 heterocycles. The van der Waals surface area contributed by atoms with Crippen LogP contribution >= 0.6 is 0 Å². The molecule has 1 saturated heterocycles. The molecular formula is C16H21N3O2. The van der Waals surface area contributed by atoms with Crippen LogP contribution in [-0.4, -0.2) is 36.1 Å². The van der Waals surface area contributed by atoms with Crippen LogP contribution in [0.2, 0.25) is 0 Å². The molecular weight excluding hydrogens is 266 g/mol. The van der Waals surface area contributed by atoms with Gasteiger partial charge in [0.05, 0.1) is 6.61 Å². The lowest BCUT2D eigenvalue weighted by atomic mass is 9.87. The van der Waals surface area contributed by atoms with E-state index in [0.717, 1.165) is 18.5 Å². The van der Waals surface area contributed by atoms with Gasteiger partial charge in [-0.05, 0) is 31.4 Å². The summed E-state index contributed by atoms with van der Waals surface area (Å²) in [6.45, 7) is 5.94. The lowest BCUT2D eigenvalue weighted by Gasteiger charge is -2.24. The molecule has 1 aromatic rings. The van der Waals surface area contributed by atoms with E-state index in [2.05, 4.69) is 29.5 Å². The van der Waals surface area contributed by atoms with Gasteiger partial charge in [-0.1, -0.05) is 13.8 Å². The van der Waals surface area contributed by atoms with Crippen molar-refractivity contribution in [2.45, 2.75) is 44.2 Å². The van der Waals surface area contributed by atoms with Gasteiger partial charge in [-0.3, -0.25) is 4.79 Å². The van der Waals surface area contributed by atoms with Gasteiger partial charge in [0.15, 0.2) is 11.4 Å². The van der Waals surface area contributed by atoms with Crippen molar-refractivity contribution in [3.63, 3.8) is 0 Å². The molecule has 2 bridgehead atoms. The van der Waals surface area contributed by atoms with Gasteiger partial charge < -0.3 is 15.4 Å². The predicted molar refractivity (Wildman–Crippen MR) is 78.5 cm³/mol. The summed E-state index contributed by atoms with van der Waals surface area (Å²) in [5.74, 6) is 1.27. The molecule has 2 fully saturated rings. The molecule has 1 aromatic heterocycles. The number of carbonyl (C=O) groups is 1. The van der Waals surface area contributed by atoms with Crippen molar-refractivity contribution in [1.29, 1.82) is 0 Å². The second-order valence-electron chi connectivity index (χ2n) is 7.14. The lowest BCUT2D eigenvalue weighted by molar-refractivity contribution is 0.0919. The van der Waals surface area contributed by atoms with Gasteiger partial charge in [-0.2, -0.15) is 0 Å². The number of ether oxygens (including phenoxy) is 1. The number of pyridine rings is 1. The Balaban J connectivity index is 1.57. The summed E-state index contributed by atoms with van der Waals surface area (Å²) in [4.78, 5) is 16.8. The van der Waals surface area contributed by atoms with Crippen LogP contribution in [0, 0.1) is 5.92 Å². The van der Waals surface area contributed by atoms with E-state index in [0.29, 0.717) is 30.0 Å². The minimum atomic E-state index is -0.107. The van der Waals surface area contributed by atoms with Gasteiger partial charge in [-0.25, -0.2) is 4.98 Å². The number of carbonyl (C=O) groups excluding carboxylic acids is 1. The molecule has 3 atom stereocenters. The zero-order chi connectivity index (χ0) is 14.6. The van der Waals surface area contributed by atoms with Gasteiger partial charge >= 0.3 is 0 Å². The SMILES string of the molecule is CC1(C)COc2c1ccnc2C(=O)NC1CC2CNC1C2. The maximum Gasteiger partial charge on any atom is 0.274 e. The van der Waals surface area contributed by atoms with E-state index in [-0.39, 0.29) is 17.4 Å². The molecule has 112 valence electrons. The molecule has 2 N–H and O–H groups in total. The highest BCUT2D eigenvalue weighted by Crippen LogP contribution is 2.40. The highest BCUT2D eigenvalue weighted by molar-refractivity contribution is 5.96. The third kappa shape index (κ3) is 2.02. The van der Waals surface area contributed by atoms with Crippen LogP contribution in [0.25, 0.3) is 0 Å². The van der Waals surface area contributed by atoms with Crippen molar-refractivity contribution in [2.75, 3.05) is 13.2 Å². The minimum absolute atomic E-state index is 0.0543. The van der Waals surface area contributed by atoms with Crippen molar-refractivity contribution in [2.24, 2.45) is 5.92 Å². The molecule has 21 heavy (non-hydrogen) atoms. The van der Waals surface area contributed by atoms with Crippen molar-refractivity contribution >= 4 is 5.91 Å². The number of piperidine rings is 1. The summed E-state index contributed by atoms with van der Waals surface area (Å²) in [6.07, 6.45) is 3.96. The van der Waals surface area contributed by atoms with E-state index >= 15 is 0 Å². The Morgan fingerprint density at radius 1 is 1.48 bits per heavy atom. The van der Waals surface area contributed by atoms with E-state index in [1.54, 1.807) is 6.20 Å². The Hall–Kier alpha value is -1.62. The molecule has 2 aliphatic heterocycles. The molecule has 4 rings (SSSR count). The monoisotopic (exact) mass is 287 g/mol. The van der Waals surface area contributed by atoms with Crippen molar-refractivity contribution in [3.8, 4) is 5.75 Å². The fraction of sp³-hybridized carbons (Fsp3) is 0.625. The first kappa shape index (κ1) is 13.1.